The van der Waals surface area contributed by atoms with Crippen LogP contribution in [-0.2, 0) is 6.61 Å². The van der Waals surface area contributed by atoms with Crippen LogP contribution >= 0.6 is 35.0 Å². The van der Waals surface area contributed by atoms with Gasteiger partial charge in [0, 0.05) is 16.8 Å². The average Bonchev–Trinajstić information content (AvgIpc) is 3.05. The second-order valence-corrected chi connectivity index (χ2v) is 7.41. The van der Waals surface area contributed by atoms with E-state index in [2.05, 4.69) is 10.2 Å². The highest BCUT2D eigenvalue weighted by Gasteiger charge is 2.11. The van der Waals surface area contributed by atoms with E-state index in [1.165, 1.54) is 16.4 Å². The minimum atomic E-state index is 0.189. The normalized spacial score (nSPS) is 10.7. The highest BCUT2D eigenvalue weighted by atomic mass is 35.5. The summed E-state index contributed by atoms with van der Waals surface area (Å²) < 4.78 is 17.9. The van der Waals surface area contributed by atoms with E-state index in [1.54, 1.807) is 31.4 Å². The smallest absolute Gasteiger partial charge is 0.210 e. The lowest BCUT2D eigenvalue weighted by atomic mass is 10.3. The summed E-state index contributed by atoms with van der Waals surface area (Å²) >= 11 is 13.4. The van der Waals surface area contributed by atoms with Crippen molar-refractivity contribution in [1.82, 2.24) is 14.9 Å². The quantitative estimate of drug-likeness (QED) is 0.305. The van der Waals surface area contributed by atoms with Crippen LogP contribution in [0.4, 0.5) is 0 Å². The monoisotopic (exact) mass is 440 g/mol. The highest BCUT2D eigenvalue weighted by Crippen LogP contribution is 2.28. The zero-order chi connectivity index (χ0) is 19.9. The summed E-state index contributed by atoms with van der Waals surface area (Å²) in [6, 6.07) is 12.4. The molecule has 3 aromatic rings. The van der Waals surface area contributed by atoms with Gasteiger partial charge in [-0.2, -0.15) is 0 Å². The van der Waals surface area contributed by atoms with E-state index in [0.29, 0.717) is 50.6 Å². The van der Waals surface area contributed by atoms with Crippen LogP contribution in [0.25, 0.3) is 0 Å². The maximum Gasteiger partial charge on any atom is 0.210 e. The predicted octanol–water partition coefficient (Wildman–Crippen LogP) is 4.06. The molecule has 3 rings (SSSR count). The summed E-state index contributed by atoms with van der Waals surface area (Å²) in [7, 11) is 1.60. The maximum absolute atomic E-state index is 6.07. The molecule has 7 nitrogen and oxygen atoms in total. The summed E-state index contributed by atoms with van der Waals surface area (Å²) in [5.74, 6) is 9.12. The van der Waals surface area contributed by atoms with E-state index in [1.807, 2.05) is 18.2 Å². The Morgan fingerprint density at radius 2 is 1.89 bits per heavy atom. The van der Waals surface area contributed by atoms with E-state index >= 15 is 0 Å². The average molecular weight is 441 g/mol. The Morgan fingerprint density at radius 1 is 1.07 bits per heavy atom. The number of methoxy groups -OCH3 is 1. The molecule has 0 aliphatic rings. The Kier molecular flexibility index (Phi) is 7.13. The number of nitrogen functional groups attached to an aromatic ring is 1. The van der Waals surface area contributed by atoms with Gasteiger partial charge < -0.3 is 20.1 Å². The van der Waals surface area contributed by atoms with Crippen molar-refractivity contribution in [2.45, 2.75) is 11.8 Å². The summed E-state index contributed by atoms with van der Waals surface area (Å²) in [4.78, 5) is 0. The standard InChI is InChI=1S/C18H18Cl2N4O3S/c1-25-13-3-2-4-14(10-13)27-11-17-22-23-18(24(17)21)28-8-7-26-16-6-5-12(19)9-15(16)20/h2-6,9-10H,7-8,11,21H2,1H3. The first-order valence-electron chi connectivity index (χ1n) is 8.23. The van der Waals surface area contributed by atoms with E-state index < -0.39 is 0 Å². The van der Waals surface area contributed by atoms with E-state index in [9.17, 15) is 0 Å². The molecule has 0 aliphatic carbocycles. The zero-order valence-corrected chi connectivity index (χ0v) is 17.3. The Balaban J connectivity index is 1.48. The number of ether oxygens (including phenoxy) is 3. The third-order valence-corrected chi connectivity index (χ3v) is 5.05. The molecule has 0 radical (unpaired) electrons. The molecule has 0 bridgehead atoms. The lowest BCUT2D eigenvalue weighted by molar-refractivity contribution is 0.289. The van der Waals surface area contributed by atoms with Gasteiger partial charge in [-0.3, -0.25) is 0 Å². The van der Waals surface area contributed by atoms with Crippen molar-refractivity contribution in [3.63, 3.8) is 0 Å². The number of nitrogens with zero attached hydrogens (tertiary/aromatic N) is 3. The third kappa shape index (κ3) is 5.37. The zero-order valence-electron chi connectivity index (χ0n) is 15.0. The molecule has 0 saturated heterocycles. The third-order valence-electron chi connectivity index (χ3n) is 3.61. The van der Waals surface area contributed by atoms with Gasteiger partial charge in [0.05, 0.1) is 18.7 Å². The van der Waals surface area contributed by atoms with Crippen molar-refractivity contribution in [3.8, 4) is 17.2 Å². The fourth-order valence-electron chi connectivity index (χ4n) is 2.22. The first kappa shape index (κ1) is 20.4. The topological polar surface area (TPSA) is 84.4 Å². The number of rotatable bonds is 9. The van der Waals surface area contributed by atoms with E-state index in [-0.39, 0.29) is 6.61 Å². The van der Waals surface area contributed by atoms with Crippen LogP contribution < -0.4 is 20.1 Å². The number of hydrogen-bond acceptors (Lipinski definition) is 7. The summed E-state index contributed by atoms with van der Waals surface area (Å²) in [6.45, 7) is 0.614. The van der Waals surface area contributed by atoms with Gasteiger partial charge in [0.1, 0.15) is 23.9 Å². The van der Waals surface area contributed by atoms with Gasteiger partial charge in [0.25, 0.3) is 0 Å². The molecule has 28 heavy (non-hydrogen) atoms. The van der Waals surface area contributed by atoms with Crippen molar-refractivity contribution in [3.05, 3.63) is 58.3 Å². The lowest BCUT2D eigenvalue weighted by Gasteiger charge is -2.09. The molecule has 0 aliphatic heterocycles. The first-order valence-corrected chi connectivity index (χ1v) is 9.98. The molecule has 2 aromatic carbocycles. The highest BCUT2D eigenvalue weighted by molar-refractivity contribution is 7.99. The second-order valence-electron chi connectivity index (χ2n) is 5.51. The summed E-state index contributed by atoms with van der Waals surface area (Å²) in [5.41, 5.74) is 0. The van der Waals surface area contributed by atoms with Gasteiger partial charge in [-0.25, -0.2) is 4.68 Å². The molecule has 10 heteroatoms. The van der Waals surface area contributed by atoms with Gasteiger partial charge >= 0.3 is 0 Å². The van der Waals surface area contributed by atoms with Crippen molar-refractivity contribution in [2.24, 2.45) is 0 Å². The molecule has 0 unspecified atom stereocenters. The van der Waals surface area contributed by atoms with Crippen LogP contribution in [0.15, 0.2) is 47.6 Å². The number of hydrogen-bond donors (Lipinski definition) is 1. The summed E-state index contributed by atoms with van der Waals surface area (Å²) in [5, 5.41) is 9.75. The van der Waals surface area contributed by atoms with Crippen LogP contribution in [0.2, 0.25) is 10.0 Å². The molecule has 1 aromatic heterocycles. The SMILES string of the molecule is COc1cccc(OCc2nnc(SCCOc3ccc(Cl)cc3Cl)n2N)c1. The van der Waals surface area contributed by atoms with Crippen LogP contribution in [0.3, 0.4) is 0 Å². The number of thioether (sulfide) groups is 1. The maximum atomic E-state index is 6.07. The number of nitrogens with two attached hydrogens (primary N) is 1. The van der Waals surface area contributed by atoms with Gasteiger partial charge in [0.15, 0.2) is 5.82 Å². The first-order chi connectivity index (χ1) is 13.6. The Bertz CT molecular complexity index is 939. The molecule has 0 atom stereocenters. The fourth-order valence-corrected chi connectivity index (χ4v) is 3.38. The summed E-state index contributed by atoms with van der Waals surface area (Å²) in [6.07, 6.45) is 0. The molecule has 0 amide bonds. The minimum Gasteiger partial charge on any atom is -0.497 e. The van der Waals surface area contributed by atoms with Crippen molar-refractivity contribution in [2.75, 3.05) is 25.3 Å². The molecule has 0 fully saturated rings. The number of benzene rings is 2. The van der Waals surface area contributed by atoms with E-state index in [0.717, 1.165) is 0 Å². The fraction of sp³-hybridized carbons (Fsp3) is 0.222. The van der Waals surface area contributed by atoms with Gasteiger partial charge in [0.2, 0.25) is 5.16 Å². The molecule has 0 saturated carbocycles. The molecule has 2 N–H and O–H groups in total. The molecular weight excluding hydrogens is 423 g/mol. The van der Waals surface area contributed by atoms with Crippen molar-refractivity contribution >= 4 is 35.0 Å². The van der Waals surface area contributed by atoms with E-state index in [4.69, 9.17) is 43.3 Å². The van der Waals surface area contributed by atoms with Crippen LogP contribution in [0, 0.1) is 0 Å². The van der Waals surface area contributed by atoms with Gasteiger partial charge in [-0.05, 0) is 30.3 Å². The molecule has 148 valence electrons. The van der Waals surface area contributed by atoms with Crippen molar-refractivity contribution in [1.29, 1.82) is 0 Å². The number of aromatic nitrogens is 3. The predicted molar refractivity (Wildman–Crippen MR) is 110 cm³/mol. The van der Waals surface area contributed by atoms with Crippen molar-refractivity contribution < 1.29 is 14.2 Å². The molecule has 0 spiro atoms. The number of halogens is 2. The second kappa shape index (κ2) is 9.77. The Hall–Kier alpha value is -2.29. The van der Waals surface area contributed by atoms with Crippen LogP contribution in [0.5, 0.6) is 17.2 Å². The molecule has 1 heterocycles. The Labute approximate surface area is 176 Å². The van der Waals surface area contributed by atoms with Crippen LogP contribution in [0.1, 0.15) is 5.82 Å². The minimum absolute atomic E-state index is 0.189. The largest absolute Gasteiger partial charge is 0.497 e. The van der Waals surface area contributed by atoms with Gasteiger partial charge in [-0.1, -0.05) is 41.0 Å². The molecular formula is C18H18Cl2N4O3S. The Morgan fingerprint density at radius 3 is 2.68 bits per heavy atom. The van der Waals surface area contributed by atoms with Gasteiger partial charge in [-0.15, -0.1) is 10.2 Å². The lowest BCUT2D eigenvalue weighted by Crippen LogP contribution is -2.16. The van der Waals surface area contributed by atoms with Crippen LogP contribution in [-0.4, -0.2) is 34.3 Å².